The van der Waals surface area contributed by atoms with Gasteiger partial charge in [0.1, 0.15) is 41.7 Å². The highest BCUT2D eigenvalue weighted by molar-refractivity contribution is 5.99. The van der Waals surface area contributed by atoms with Crippen molar-refractivity contribution in [1.82, 2.24) is 30.2 Å². The van der Waals surface area contributed by atoms with Crippen LogP contribution in [0.4, 0.5) is 34.6 Å². The van der Waals surface area contributed by atoms with Gasteiger partial charge in [-0.1, -0.05) is 12.1 Å². The number of hydrogen-bond acceptors (Lipinski definition) is 11. The zero-order chi connectivity index (χ0) is 37.9. The Bertz CT molecular complexity index is 2290. The Morgan fingerprint density at radius 3 is 1.82 bits per heavy atom. The van der Waals surface area contributed by atoms with E-state index in [1.54, 1.807) is 25.3 Å². The van der Waals surface area contributed by atoms with Crippen molar-refractivity contribution in [3.63, 3.8) is 0 Å². The average Bonchev–Trinajstić information content (AvgIpc) is 4.13. The van der Waals surface area contributed by atoms with Crippen LogP contribution in [0.5, 0.6) is 5.75 Å². The highest BCUT2D eigenvalue weighted by Gasteiger charge is 2.31. The van der Waals surface area contributed by atoms with Crippen molar-refractivity contribution in [2.45, 2.75) is 45.3 Å². The third-order valence-electron chi connectivity index (χ3n) is 9.58. The van der Waals surface area contributed by atoms with Gasteiger partial charge in [-0.3, -0.25) is 19.2 Å². The van der Waals surface area contributed by atoms with Crippen LogP contribution in [-0.2, 0) is 29.2 Å². The molecule has 2 aliphatic heterocycles. The fourth-order valence-electron chi connectivity index (χ4n) is 6.28. The predicted molar refractivity (Wildman–Crippen MR) is 204 cm³/mol. The number of ether oxygens (including phenoxy) is 1. The zero-order valence-electron chi connectivity index (χ0n) is 30.0. The molecule has 0 bridgehead atoms. The van der Waals surface area contributed by atoms with Gasteiger partial charge in [-0.2, -0.15) is 0 Å². The van der Waals surface area contributed by atoms with Crippen molar-refractivity contribution >= 4 is 58.3 Å². The van der Waals surface area contributed by atoms with Gasteiger partial charge in [-0.15, -0.1) is 0 Å². The summed E-state index contributed by atoms with van der Waals surface area (Å²) < 4.78 is 5.20. The second kappa shape index (κ2) is 15.2. The Hall–Kier alpha value is -6.90. The van der Waals surface area contributed by atoms with Gasteiger partial charge in [-0.05, 0) is 90.9 Å². The molecule has 2 saturated carbocycles. The molecule has 5 N–H and O–H groups in total. The van der Waals surface area contributed by atoms with Crippen molar-refractivity contribution in [3.05, 3.63) is 113 Å². The maximum absolute atomic E-state index is 12.8. The topological polar surface area (TPSA) is 192 Å². The van der Waals surface area contributed by atoms with E-state index in [4.69, 9.17) is 4.74 Å². The molecule has 55 heavy (non-hydrogen) atoms. The number of carbonyl (C=O) groups is 4. The molecule has 4 amide bonds. The second-order valence-corrected chi connectivity index (χ2v) is 13.8. The molecule has 9 rings (SSSR count). The van der Waals surface area contributed by atoms with Gasteiger partial charge in [0, 0.05) is 66.1 Å². The van der Waals surface area contributed by atoms with Crippen LogP contribution in [0.2, 0.25) is 0 Å². The molecule has 0 radical (unpaired) electrons. The first kappa shape index (κ1) is 35.1. The molecule has 2 aromatic heterocycles. The highest BCUT2D eigenvalue weighted by Crippen LogP contribution is 2.32. The molecular weight excluding hydrogens is 701 g/mol. The number of carbonyl (C=O) groups excluding carboxylic acids is 4. The average molecular weight is 739 g/mol. The van der Waals surface area contributed by atoms with Gasteiger partial charge in [-0.25, -0.2) is 19.9 Å². The van der Waals surface area contributed by atoms with E-state index in [1.165, 1.54) is 12.7 Å². The van der Waals surface area contributed by atoms with Crippen LogP contribution in [0.25, 0.3) is 0 Å². The lowest BCUT2D eigenvalue weighted by Gasteiger charge is -2.15. The third-order valence-corrected chi connectivity index (χ3v) is 9.58. The number of amides is 4. The van der Waals surface area contributed by atoms with E-state index in [0.29, 0.717) is 54.0 Å². The minimum atomic E-state index is -0.0429. The standard InChI is InChI=1S/C24H23N5O3.C16H15N5O2/c1-32-19-7-2-15(3-8-19)12-29-13-17-10-18(6-9-20(17)24(29)31)27-21-11-22(26-14-25-21)28-23(30)16-4-5-16;22-15(9-1-2-9)21-14-6-13(18-8-19-14)20-11-3-4-12-10(5-11)7-17-16(12)23/h2-3,6-11,14,16H,4-5,12-13H2,1H3,(H2,25,26,27,28,30);3-6,8-9H,1-2,7H2,(H,17,23)(H2,18,19,20,21,22). The summed E-state index contributed by atoms with van der Waals surface area (Å²) in [6.45, 7) is 1.62. The van der Waals surface area contributed by atoms with Crippen LogP contribution in [0.15, 0.2) is 85.5 Å². The highest BCUT2D eigenvalue weighted by atomic mass is 16.5. The summed E-state index contributed by atoms with van der Waals surface area (Å²) in [4.78, 5) is 66.5. The number of fused-ring (bicyclic) bond motifs is 2. The lowest BCUT2D eigenvalue weighted by molar-refractivity contribution is -0.118. The van der Waals surface area contributed by atoms with Gasteiger partial charge < -0.3 is 36.2 Å². The van der Waals surface area contributed by atoms with Crippen LogP contribution in [0, 0.1) is 11.8 Å². The van der Waals surface area contributed by atoms with Crippen molar-refractivity contribution in [2.24, 2.45) is 11.8 Å². The van der Waals surface area contributed by atoms with Crippen molar-refractivity contribution < 1.29 is 23.9 Å². The molecule has 15 heteroatoms. The van der Waals surface area contributed by atoms with Crippen LogP contribution < -0.4 is 31.3 Å². The smallest absolute Gasteiger partial charge is 0.254 e. The quantitative estimate of drug-likeness (QED) is 0.114. The number of benzene rings is 3. The van der Waals surface area contributed by atoms with Gasteiger partial charge in [0.05, 0.1) is 7.11 Å². The van der Waals surface area contributed by atoms with E-state index >= 15 is 0 Å². The van der Waals surface area contributed by atoms with E-state index in [9.17, 15) is 19.2 Å². The van der Waals surface area contributed by atoms with E-state index in [0.717, 1.165) is 59.5 Å². The first-order valence-corrected chi connectivity index (χ1v) is 18.0. The third kappa shape index (κ3) is 8.51. The number of aromatic nitrogens is 4. The molecule has 0 atom stereocenters. The number of anilines is 6. The maximum atomic E-state index is 12.8. The number of nitrogens with zero attached hydrogens (tertiary/aromatic N) is 5. The lowest BCUT2D eigenvalue weighted by atomic mass is 10.1. The fourth-order valence-corrected chi connectivity index (χ4v) is 6.28. The normalized spacial score (nSPS) is 15.2. The summed E-state index contributed by atoms with van der Waals surface area (Å²) in [6.07, 6.45) is 6.59. The number of hydrogen-bond donors (Lipinski definition) is 5. The predicted octanol–water partition coefficient (Wildman–Crippen LogP) is 5.55. The molecule has 2 fully saturated rings. The Labute approximate surface area is 316 Å². The number of nitrogens with one attached hydrogen (secondary N) is 5. The SMILES string of the molecule is COc1ccc(CN2Cc3cc(Nc4cc(NC(=O)C5CC5)ncn4)ccc3C2=O)cc1.O=C1NCc2cc(Nc3cc(NC(=O)C4CC4)ncn3)ccc21. The summed E-state index contributed by atoms with van der Waals surface area (Å²) in [5.74, 6) is 3.14. The van der Waals surface area contributed by atoms with Gasteiger partial charge in [0.2, 0.25) is 11.8 Å². The van der Waals surface area contributed by atoms with E-state index in [2.05, 4.69) is 46.5 Å². The van der Waals surface area contributed by atoms with Crippen LogP contribution in [-0.4, -0.2) is 55.6 Å². The van der Waals surface area contributed by atoms with E-state index in [1.807, 2.05) is 59.5 Å². The maximum Gasteiger partial charge on any atom is 0.254 e. The minimum absolute atomic E-state index is 0.00245. The first-order valence-electron chi connectivity index (χ1n) is 18.0. The summed E-state index contributed by atoms with van der Waals surface area (Å²) >= 11 is 0. The van der Waals surface area contributed by atoms with Crippen LogP contribution in [0.1, 0.15) is 63.1 Å². The molecule has 2 aliphatic carbocycles. The number of methoxy groups -OCH3 is 1. The van der Waals surface area contributed by atoms with E-state index < -0.39 is 0 Å². The molecule has 278 valence electrons. The molecule has 0 saturated heterocycles. The Morgan fingerprint density at radius 2 is 1.25 bits per heavy atom. The lowest BCUT2D eigenvalue weighted by Crippen LogP contribution is -2.23. The zero-order valence-corrected chi connectivity index (χ0v) is 30.0. The van der Waals surface area contributed by atoms with Gasteiger partial charge in [0.15, 0.2) is 0 Å². The summed E-state index contributed by atoms with van der Waals surface area (Å²) in [5.41, 5.74) is 6.03. The Morgan fingerprint density at radius 1 is 0.709 bits per heavy atom. The first-order chi connectivity index (χ1) is 26.8. The Kier molecular flexibility index (Phi) is 9.73. The van der Waals surface area contributed by atoms with Gasteiger partial charge in [0.25, 0.3) is 11.8 Å². The largest absolute Gasteiger partial charge is 0.497 e. The molecule has 0 unspecified atom stereocenters. The van der Waals surface area contributed by atoms with Crippen LogP contribution in [0.3, 0.4) is 0 Å². The van der Waals surface area contributed by atoms with Crippen molar-refractivity contribution in [2.75, 3.05) is 28.4 Å². The Balaban J connectivity index is 0.000000164. The molecule has 3 aromatic carbocycles. The molecule has 0 spiro atoms. The van der Waals surface area contributed by atoms with Gasteiger partial charge >= 0.3 is 0 Å². The summed E-state index contributed by atoms with van der Waals surface area (Å²) in [7, 11) is 1.63. The molecule has 5 aromatic rings. The van der Waals surface area contributed by atoms with Crippen molar-refractivity contribution in [3.8, 4) is 5.75 Å². The molecular formula is C40H38N10O5. The molecule has 4 heterocycles. The summed E-state index contributed by atoms with van der Waals surface area (Å²) in [6, 6.07) is 22.3. The molecule has 4 aliphatic rings. The van der Waals surface area contributed by atoms with Crippen LogP contribution >= 0.6 is 0 Å². The van der Waals surface area contributed by atoms with Crippen molar-refractivity contribution in [1.29, 1.82) is 0 Å². The monoisotopic (exact) mass is 738 g/mol. The molecule has 15 nitrogen and oxygen atoms in total. The number of rotatable bonds is 11. The fraction of sp³-hybridized carbons (Fsp3) is 0.250. The summed E-state index contributed by atoms with van der Waals surface area (Å²) in [5, 5.41) is 14.8. The second-order valence-electron chi connectivity index (χ2n) is 13.8. The van der Waals surface area contributed by atoms with E-state index in [-0.39, 0.29) is 35.5 Å². The minimum Gasteiger partial charge on any atom is -0.497 e.